The van der Waals surface area contributed by atoms with Crippen molar-refractivity contribution in [2.45, 2.75) is 25.9 Å². The standard InChI is InChI=1S/C16H22ClNO3/c1-2-18-10-11-4-7-21-15(11)12-8-13(17)16-14(9-12)19-5-3-6-20-16/h8-9,11,15,18H,2-7,10H2,1H3. The summed E-state index contributed by atoms with van der Waals surface area (Å²) in [5.41, 5.74) is 1.09. The van der Waals surface area contributed by atoms with Crippen LogP contribution >= 0.6 is 11.6 Å². The van der Waals surface area contributed by atoms with Gasteiger partial charge in [0.15, 0.2) is 11.5 Å². The van der Waals surface area contributed by atoms with Crippen LogP contribution in [0.4, 0.5) is 0 Å². The van der Waals surface area contributed by atoms with Gasteiger partial charge in [0.05, 0.1) is 24.3 Å². The predicted molar refractivity (Wildman–Crippen MR) is 82.4 cm³/mol. The van der Waals surface area contributed by atoms with Gasteiger partial charge in [-0.25, -0.2) is 0 Å². The summed E-state index contributed by atoms with van der Waals surface area (Å²) in [5.74, 6) is 1.89. The van der Waals surface area contributed by atoms with E-state index in [0.29, 0.717) is 29.9 Å². The maximum atomic E-state index is 6.37. The number of benzene rings is 1. The molecule has 0 saturated carbocycles. The number of fused-ring (bicyclic) bond motifs is 1. The van der Waals surface area contributed by atoms with Crippen molar-refractivity contribution in [3.05, 3.63) is 22.7 Å². The highest BCUT2D eigenvalue weighted by atomic mass is 35.5. The molecule has 0 spiro atoms. The summed E-state index contributed by atoms with van der Waals surface area (Å²) >= 11 is 6.37. The Balaban J connectivity index is 1.84. The Bertz CT molecular complexity index is 495. The van der Waals surface area contributed by atoms with Crippen LogP contribution in [0, 0.1) is 5.92 Å². The highest BCUT2D eigenvalue weighted by molar-refractivity contribution is 6.32. The van der Waals surface area contributed by atoms with E-state index in [1.54, 1.807) is 0 Å². The van der Waals surface area contributed by atoms with Gasteiger partial charge >= 0.3 is 0 Å². The number of hydrogen-bond acceptors (Lipinski definition) is 4. The number of hydrogen-bond donors (Lipinski definition) is 1. The van der Waals surface area contributed by atoms with E-state index >= 15 is 0 Å². The zero-order chi connectivity index (χ0) is 14.7. The van der Waals surface area contributed by atoms with E-state index in [1.807, 2.05) is 12.1 Å². The van der Waals surface area contributed by atoms with E-state index in [4.69, 9.17) is 25.8 Å². The summed E-state index contributed by atoms with van der Waals surface area (Å²) in [6.07, 6.45) is 2.03. The Morgan fingerprint density at radius 3 is 2.95 bits per heavy atom. The van der Waals surface area contributed by atoms with Crippen molar-refractivity contribution in [1.29, 1.82) is 0 Å². The van der Waals surface area contributed by atoms with E-state index in [-0.39, 0.29) is 6.10 Å². The van der Waals surface area contributed by atoms with Crippen LogP contribution in [0.5, 0.6) is 11.5 Å². The van der Waals surface area contributed by atoms with Crippen LogP contribution in [0.1, 0.15) is 31.4 Å². The fraction of sp³-hybridized carbons (Fsp3) is 0.625. The molecular weight excluding hydrogens is 290 g/mol. The Morgan fingerprint density at radius 1 is 1.24 bits per heavy atom. The Hall–Kier alpha value is -0.970. The molecule has 5 heteroatoms. The second-order valence-electron chi connectivity index (χ2n) is 5.53. The zero-order valence-electron chi connectivity index (χ0n) is 12.4. The molecule has 21 heavy (non-hydrogen) atoms. The van der Waals surface area contributed by atoms with Crippen LogP contribution in [-0.2, 0) is 4.74 Å². The minimum atomic E-state index is 0.0821. The van der Waals surface area contributed by atoms with Crippen molar-refractivity contribution >= 4 is 11.6 Å². The molecule has 2 aliphatic heterocycles. The van der Waals surface area contributed by atoms with Crippen LogP contribution in [-0.4, -0.2) is 32.9 Å². The SMILES string of the molecule is CCNCC1CCOC1c1cc(Cl)c2c(c1)OCCCO2. The van der Waals surface area contributed by atoms with E-state index in [1.165, 1.54) is 0 Å². The van der Waals surface area contributed by atoms with Gasteiger partial charge in [-0.3, -0.25) is 0 Å². The van der Waals surface area contributed by atoms with Crippen molar-refractivity contribution in [2.75, 3.05) is 32.9 Å². The molecule has 116 valence electrons. The number of nitrogens with one attached hydrogen (secondary N) is 1. The average Bonchev–Trinajstić information content (AvgIpc) is 2.82. The van der Waals surface area contributed by atoms with Crippen LogP contribution in [0.2, 0.25) is 5.02 Å². The van der Waals surface area contributed by atoms with E-state index < -0.39 is 0 Å². The molecule has 2 heterocycles. The fourth-order valence-electron chi connectivity index (χ4n) is 2.96. The summed E-state index contributed by atoms with van der Waals surface area (Å²) in [6, 6.07) is 3.99. The first-order chi connectivity index (χ1) is 10.3. The lowest BCUT2D eigenvalue weighted by atomic mass is 9.95. The largest absolute Gasteiger partial charge is 0.489 e. The summed E-state index contributed by atoms with van der Waals surface area (Å²) in [6.45, 7) is 6.18. The van der Waals surface area contributed by atoms with E-state index in [9.17, 15) is 0 Å². The third-order valence-electron chi connectivity index (χ3n) is 4.02. The quantitative estimate of drug-likeness (QED) is 0.927. The molecule has 2 unspecified atom stereocenters. The molecule has 0 bridgehead atoms. The molecule has 0 radical (unpaired) electrons. The molecule has 1 aromatic carbocycles. The molecule has 2 aliphatic rings. The van der Waals surface area contributed by atoms with Crippen molar-refractivity contribution in [1.82, 2.24) is 5.32 Å². The Labute approximate surface area is 130 Å². The van der Waals surface area contributed by atoms with Gasteiger partial charge in [-0.2, -0.15) is 0 Å². The first kappa shape index (κ1) is 14.9. The fourth-order valence-corrected chi connectivity index (χ4v) is 3.23. The third kappa shape index (κ3) is 3.28. The molecule has 4 nitrogen and oxygen atoms in total. The number of rotatable bonds is 4. The monoisotopic (exact) mass is 311 g/mol. The average molecular weight is 312 g/mol. The molecule has 0 aliphatic carbocycles. The van der Waals surface area contributed by atoms with Crippen molar-refractivity contribution in [3.63, 3.8) is 0 Å². The molecule has 1 saturated heterocycles. The van der Waals surface area contributed by atoms with Crippen LogP contribution in [0.3, 0.4) is 0 Å². The molecule has 1 fully saturated rings. The van der Waals surface area contributed by atoms with Crippen molar-refractivity contribution in [2.24, 2.45) is 5.92 Å². The Kier molecular flexibility index (Phi) is 4.88. The summed E-state index contributed by atoms with van der Waals surface area (Å²) in [7, 11) is 0. The van der Waals surface area contributed by atoms with Gasteiger partial charge in [0.1, 0.15) is 0 Å². The summed E-state index contributed by atoms with van der Waals surface area (Å²) in [5, 5.41) is 4.02. The van der Waals surface area contributed by atoms with Crippen LogP contribution in [0.25, 0.3) is 0 Å². The van der Waals surface area contributed by atoms with Gasteiger partial charge in [0.2, 0.25) is 0 Å². The lowest BCUT2D eigenvalue weighted by Crippen LogP contribution is -2.24. The van der Waals surface area contributed by atoms with E-state index in [0.717, 1.165) is 43.9 Å². The van der Waals surface area contributed by atoms with E-state index in [2.05, 4.69) is 12.2 Å². The van der Waals surface area contributed by atoms with Crippen molar-refractivity contribution in [3.8, 4) is 11.5 Å². The maximum Gasteiger partial charge on any atom is 0.179 e. The summed E-state index contributed by atoms with van der Waals surface area (Å²) < 4.78 is 17.4. The van der Waals surface area contributed by atoms with Gasteiger partial charge in [0, 0.05) is 25.5 Å². The molecule has 1 N–H and O–H groups in total. The van der Waals surface area contributed by atoms with Gasteiger partial charge in [0.25, 0.3) is 0 Å². The molecule has 0 aromatic heterocycles. The minimum Gasteiger partial charge on any atom is -0.489 e. The second-order valence-corrected chi connectivity index (χ2v) is 5.94. The van der Waals surface area contributed by atoms with Crippen molar-refractivity contribution < 1.29 is 14.2 Å². The highest BCUT2D eigenvalue weighted by Crippen LogP contribution is 2.43. The minimum absolute atomic E-state index is 0.0821. The molecule has 0 amide bonds. The van der Waals surface area contributed by atoms with Gasteiger partial charge in [-0.1, -0.05) is 18.5 Å². The predicted octanol–water partition coefficient (Wildman–Crippen LogP) is 3.19. The van der Waals surface area contributed by atoms with Gasteiger partial charge < -0.3 is 19.5 Å². The third-order valence-corrected chi connectivity index (χ3v) is 4.30. The van der Waals surface area contributed by atoms with Gasteiger partial charge in [-0.05, 0) is 30.7 Å². The first-order valence-electron chi connectivity index (χ1n) is 7.71. The maximum absolute atomic E-state index is 6.37. The first-order valence-corrected chi connectivity index (χ1v) is 8.08. The molecule has 1 aromatic rings. The smallest absolute Gasteiger partial charge is 0.179 e. The lowest BCUT2D eigenvalue weighted by molar-refractivity contribution is 0.0904. The summed E-state index contributed by atoms with van der Waals surface area (Å²) in [4.78, 5) is 0. The molecule has 3 rings (SSSR count). The normalized spacial score (nSPS) is 24.9. The van der Waals surface area contributed by atoms with Gasteiger partial charge in [-0.15, -0.1) is 0 Å². The zero-order valence-corrected chi connectivity index (χ0v) is 13.1. The van der Waals surface area contributed by atoms with Crippen LogP contribution in [0.15, 0.2) is 12.1 Å². The molecule has 2 atom stereocenters. The van der Waals surface area contributed by atoms with Crippen LogP contribution < -0.4 is 14.8 Å². The lowest BCUT2D eigenvalue weighted by Gasteiger charge is -2.21. The second kappa shape index (κ2) is 6.86. The molecular formula is C16H22ClNO3. The highest BCUT2D eigenvalue weighted by Gasteiger charge is 2.31. The topological polar surface area (TPSA) is 39.7 Å². The Morgan fingerprint density at radius 2 is 2.10 bits per heavy atom. The number of halogens is 1. The number of ether oxygens (including phenoxy) is 3.